The van der Waals surface area contributed by atoms with E-state index in [9.17, 15) is 5.11 Å². The van der Waals surface area contributed by atoms with Crippen LogP contribution >= 0.6 is 15.9 Å². The quantitative estimate of drug-likeness (QED) is 0.840. The van der Waals surface area contributed by atoms with Crippen molar-refractivity contribution in [3.05, 3.63) is 27.7 Å². The Balaban J connectivity index is 3.15. The minimum absolute atomic E-state index is 0.0527. The van der Waals surface area contributed by atoms with Gasteiger partial charge in [-0.1, -0.05) is 6.92 Å². The maximum Gasteiger partial charge on any atom is 0.130 e. The molecule has 1 unspecified atom stereocenters. The SMILES string of the molecule is CCC(N)c1cc(Br)c(O)cc1C. The number of hydrogen-bond donors (Lipinski definition) is 2. The van der Waals surface area contributed by atoms with Gasteiger partial charge in [0.2, 0.25) is 0 Å². The van der Waals surface area contributed by atoms with Crippen LogP contribution in [-0.2, 0) is 0 Å². The Labute approximate surface area is 86.9 Å². The summed E-state index contributed by atoms with van der Waals surface area (Å²) < 4.78 is 0.706. The van der Waals surface area contributed by atoms with Crippen LogP contribution in [0.4, 0.5) is 0 Å². The lowest BCUT2D eigenvalue weighted by atomic mass is 10.00. The van der Waals surface area contributed by atoms with Gasteiger partial charge in [0, 0.05) is 6.04 Å². The Bertz CT molecular complexity index is 312. The number of aryl methyl sites for hydroxylation is 1. The van der Waals surface area contributed by atoms with Gasteiger partial charge >= 0.3 is 0 Å². The third-order valence-corrected chi connectivity index (χ3v) is 2.81. The average molecular weight is 244 g/mol. The summed E-state index contributed by atoms with van der Waals surface area (Å²) >= 11 is 3.27. The second kappa shape index (κ2) is 4.11. The Morgan fingerprint density at radius 1 is 1.54 bits per heavy atom. The van der Waals surface area contributed by atoms with E-state index in [0.717, 1.165) is 17.5 Å². The molecule has 0 heterocycles. The van der Waals surface area contributed by atoms with Crippen LogP contribution in [0, 0.1) is 6.92 Å². The van der Waals surface area contributed by atoms with E-state index in [-0.39, 0.29) is 11.8 Å². The first-order chi connectivity index (χ1) is 6.06. The lowest BCUT2D eigenvalue weighted by molar-refractivity contribution is 0.470. The van der Waals surface area contributed by atoms with Gasteiger partial charge in [-0.25, -0.2) is 0 Å². The monoisotopic (exact) mass is 243 g/mol. The standard InChI is InChI=1S/C10H14BrNO/c1-3-9(12)7-5-8(11)10(13)4-6(7)2/h4-5,9,13H,3,12H2,1-2H3. The number of phenols is 1. The molecule has 2 nitrogen and oxygen atoms in total. The predicted octanol–water partition coefficient (Wildman–Crippen LogP) is 2.87. The topological polar surface area (TPSA) is 46.2 Å². The van der Waals surface area contributed by atoms with E-state index in [4.69, 9.17) is 5.73 Å². The molecule has 1 aromatic carbocycles. The zero-order chi connectivity index (χ0) is 10.0. The van der Waals surface area contributed by atoms with Gasteiger partial charge in [0.25, 0.3) is 0 Å². The second-order valence-electron chi connectivity index (χ2n) is 3.17. The minimum atomic E-state index is 0.0527. The molecule has 3 heteroatoms. The fourth-order valence-corrected chi connectivity index (χ4v) is 1.66. The molecule has 1 rings (SSSR count). The maximum atomic E-state index is 9.39. The summed E-state index contributed by atoms with van der Waals surface area (Å²) in [7, 11) is 0. The zero-order valence-corrected chi connectivity index (χ0v) is 9.43. The van der Waals surface area contributed by atoms with E-state index < -0.39 is 0 Å². The van der Waals surface area contributed by atoms with Crippen molar-refractivity contribution in [2.75, 3.05) is 0 Å². The van der Waals surface area contributed by atoms with Crippen LogP contribution in [0.2, 0.25) is 0 Å². The fraction of sp³-hybridized carbons (Fsp3) is 0.400. The van der Waals surface area contributed by atoms with Crippen LogP contribution < -0.4 is 5.73 Å². The number of aromatic hydroxyl groups is 1. The molecule has 0 fully saturated rings. The van der Waals surface area contributed by atoms with Crippen molar-refractivity contribution in [1.29, 1.82) is 0 Å². The van der Waals surface area contributed by atoms with Gasteiger partial charge in [-0.2, -0.15) is 0 Å². The molecule has 0 bridgehead atoms. The van der Waals surface area contributed by atoms with Crippen LogP contribution in [0.25, 0.3) is 0 Å². The van der Waals surface area contributed by atoms with Gasteiger partial charge in [0.05, 0.1) is 4.47 Å². The molecular formula is C10H14BrNO. The molecule has 13 heavy (non-hydrogen) atoms. The van der Waals surface area contributed by atoms with Crippen molar-refractivity contribution in [2.24, 2.45) is 5.73 Å². The molecule has 0 saturated heterocycles. The average Bonchev–Trinajstić information content (AvgIpc) is 2.10. The molecule has 1 aromatic rings. The lowest BCUT2D eigenvalue weighted by Gasteiger charge is -2.13. The number of hydrogen-bond acceptors (Lipinski definition) is 2. The maximum absolute atomic E-state index is 9.39. The van der Waals surface area contributed by atoms with E-state index in [0.29, 0.717) is 4.47 Å². The van der Waals surface area contributed by atoms with Gasteiger partial charge in [0.15, 0.2) is 0 Å². The normalized spacial score (nSPS) is 12.9. The van der Waals surface area contributed by atoms with Crippen LogP contribution in [0.3, 0.4) is 0 Å². The van der Waals surface area contributed by atoms with Gasteiger partial charge in [-0.15, -0.1) is 0 Å². The number of halogens is 1. The fourth-order valence-electron chi connectivity index (χ4n) is 1.30. The molecule has 0 amide bonds. The van der Waals surface area contributed by atoms with Crippen LogP contribution in [0.5, 0.6) is 5.75 Å². The molecule has 0 spiro atoms. The molecule has 0 radical (unpaired) electrons. The van der Waals surface area contributed by atoms with Crippen LogP contribution in [0.15, 0.2) is 16.6 Å². The summed E-state index contributed by atoms with van der Waals surface area (Å²) in [6.07, 6.45) is 0.901. The van der Waals surface area contributed by atoms with E-state index in [1.807, 2.05) is 19.9 Å². The molecule has 0 saturated carbocycles. The van der Waals surface area contributed by atoms with E-state index in [1.54, 1.807) is 6.07 Å². The van der Waals surface area contributed by atoms with Gasteiger partial charge in [-0.05, 0) is 52.5 Å². The Kier molecular flexibility index (Phi) is 3.33. The van der Waals surface area contributed by atoms with Crippen molar-refractivity contribution in [3.63, 3.8) is 0 Å². The molecule has 0 aliphatic rings. The van der Waals surface area contributed by atoms with E-state index >= 15 is 0 Å². The summed E-state index contributed by atoms with van der Waals surface area (Å²) in [6.45, 7) is 4.00. The first kappa shape index (κ1) is 10.5. The zero-order valence-electron chi connectivity index (χ0n) is 7.84. The van der Waals surface area contributed by atoms with Gasteiger partial charge in [0.1, 0.15) is 5.75 Å². The largest absolute Gasteiger partial charge is 0.507 e. The van der Waals surface area contributed by atoms with E-state index in [1.165, 1.54) is 0 Å². The molecule has 72 valence electrons. The molecule has 1 atom stereocenters. The number of nitrogens with two attached hydrogens (primary N) is 1. The molecule has 3 N–H and O–H groups in total. The Morgan fingerprint density at radius 2 is 2.15 bits per heavy atom. The summed E-state index contributed by atoms with van der Waals surface area (Å²) in [4.78, 5) is 0. The van der Waals surface area contributed by atoms with Crippen molar-refractivity contribution in [2.45, 2.75) is 26.3 Å². The first-order valence-electron chi connectivity index (χ1n) is 4.30. The summed E-state index contributed by atoms with van der Waals surface area (Å²) in [5, 5.41) is 9.39. The smallest absolute Gasteiger partial charge is 0.130 e. The van der Waals surface area contributed by atoms with Crippen molar-refractivity contribution < 1.29 is 5.11 Å². The summed E-state index contributed by atoms with van der Waals surface area (Å²) in [6, 6.07) is 3.67. The van der Waals surface area contributed by atoms with Crippen LogP contribution in [0.1, 0.15) is 30.5 Å². The second-order valence-corrected chi connectivity index (χ2v) is 4.03. The third-order valence-electron chi connectivity index (χ3n) is 2.17. The number of rotatable bonds is 2. The predicted molar refractivity (Wildman–Crippen MR) is 57.8 cm³/mol. The molecule has 0 aliphatic carbocycles. The highest BCUT2D eigenvalue weighted by molar-refractivity contribution is 9.10. The highest BCUT2D eigenvalue weighted by atomic mass is 79.9. The highest BCUT2D eigenvalue weighted by Crippen LogP contribution is 2.30. The Hall–Kier alpha value is -0.540. The molecule has 0 aromatic heterocycles. The number of benzene rings is 1. The van der Waals surface area contributed by atoms with Crippen molar-refractivity contribution in [3.8, 4) is 5.75 Å². The molecular weight excluding hydrogens is 230 g/mol. The summed E-state index contributed by atoms with van der Waals surface area (Å²) in [5.74, 6) is 0.268. The molecule has 0 aliphatic heterocycles. The highest BCUT2D eigenvalue weighted by Gasteiger charge is 2.09. The van der Waals surface area contributed by atoms with Crippen LogP contribution in [-0.4, -0.2) is 5.11 Å². The first-order valence-corrected chi connectivity index (χ1v) is 5.10. The summed E-state index contributed by atoms with van der Waals surface area (Å²) in [5.41, 5.74) is 8.04. The minimum Gasteiger partial charge on any atom is -0.507 e. The lowest BCUT2D eigenvalue weighted by Crippen LogP contribution is -2.10. The van der Waals surface area contributed by atoms with Crippen molar-refractivity contribution >= 4 is 15.9 Å². The third kappa shape index (κ3) is 2.23. The van der Waals surface area contributed by atoms with E-state index in [2.05, 4.69) is 15.9 Å². The van der Waals surface area contributed by atoms with Gasteiger partial charge < -0.3 is 10.8 Å². The number of phenolic OH excluding ortho intramolecular Hbond substituents is 1. The van der Waals surface area contributed by atoms with Crippen molar-refractivity contribution in [1.82, 2.24) is 0 Å². The Morgan fingerprint density at radius 3 is 2.69 bits per heavy atom. The van der Waals surface area contributed by atoms with Gasteiger partial charge in [-0.3, -0.25) is 0 Å².